The lowest BCUT2D eigenvalue weighted by Crippen LogP contribution is -2.32. The highest BCUT2D eigenvalue weighted by molar-refractivity contribution is 7.13. The zero-order chi connectivity index (χ0) is 20.3. The van der Waals surface area contributed by atoms with E-state index in [0.29, 0.717) is 22.5 Å². The summed E-state index contributed by atoms with van der Waals surface area (Å²) in [6.07, 6.45) is 1.71. The molecule has 8 heteroatoms. The van der Waals surface area contributed by atoms with Crippen LogP contribution in [-0.4, -0.2) is 31.1 Å². The highest BCUT2D eigenvalue weighted by Gasteiger charge is 2.37. The maximum atomic E-state index is 12.5. The van der Waals surface area contributed by atoms with Crippen LogP contribution in [0.15, 0.2) is 58.4 Å². The zero-order valence-electron chi connectivity index (χ0n) is 16.0. The number of esters is 2. The summed E-state index contributed by atoms with van der Waals surface area (Å²) in [6.45, 7) is 3.57. The van der Waals surface area contributed by atoms with E-state index in [1.807, 2.05) is 29.6 Å². The molecular weight excluding hydrogens is 378 g/mol. The number of ether oxygens (including phenoxy) is 2. The van der Waals surface area contributed by atoms with Crippen LogP contribution in [0.25, 0.3) is 0 Å². The predicted molar refractivity (Wildman–Crippen MR) is 107 cm³/mol. The Bertz CT molecular complexity index is 926. The first kappa shape index (κ1) is 19.6. The Morgan fingerprint density at radius 3 is 2.29 bits per heavy atom. The van der Waals surface area contributed by atoms with E-state index in [4.69, 9.17) is 9.47 Å². The quantitative estimate of drug-likeness (QED) is 0.744. The number of allylic oxidation sites excluding steroid dienone is 2. The Morgan fingerprint density at radius 2 is 1.75 bits per heavy atom. The number of carbonyl (C=O) groups excluding carboxylic acids is 2. The number of methoxy groups -OCH3 is 2. The van der Waals surface area contributed by atoms with Crippen LogP contribution in [0.1, 0.15) is 25.3 Å². The fourth-order valence-corrected chi connectivity index (χ4v) is 3.84. The second-order valence-corrected chi connectivity index (χ2v) is 7.10. The molecule has 2 heterocycles. The van der Waals surface area contributed by atoms with Crippen LogP contribution < -0.4 is 10.6 Å². The third kappa shape index (κ3) is 3.77. The summed E-state index contributed by atoms with van der Waals surface area (Å²) in [5, 5.41) is 8.95. The molecule has 0 radical (unpaired) electrons. The predicted octanol–water partition coefficient (Wildman–Crippen LogP) is 3.47. The third-order valence-corrected chi connectivity index (χ3v) is 5.16. The van der Waals surface area contributed by atoms with Crippen molar-refractivity contribution in [1.29, 1.82) is 0 Å². The van der Waals surface area contributed by atoms with Crippen LogP contribution in [0, 0.1) is 0 Å². The molecule has 0 saturated carbocycles. The highest BCUT2D eigenvalue weighted by Crippen LogP contribution is 2.40. The lowest BCUT2D eigenvalue weighted by Gasteiger charge is -2.30. The molecule has 1 aliphatic rings. The first-order valence-corrected chi connectivity index (χ1v) is 9.46. The highest BCUT2D eigenvalue weighted by atomic mass is 32.1. The van der Waals surface area contributed by atoms with Crippen molar-refractivity contribution in [2.45, 2.75) is 19.8 Å². The number of benzene rings is 1. The molecule has 2 N–H and O–H groups in total. The molecule has 0 amide bonds. The molecule has 0 fully saturated rings. The van der Waals surface area contributed by atoms with Crippen LogP contribution in [0.5, 0.6) is 0 Å². The molecule has 1 aliphatic heterocycles. The van der Waals surface area contributed by atoms with Gasteiger partial charge in [0.25, 0.3) is 0 Å². The van der Waals surface area contributed by atoms with Gasteiger partial charge in [-0.2, -0.15) is 0 Å². The number of thiazole rings is 1. The second kappa shape index (κ2) is 8.26. The third-order valence-electron chi connectivity index (χ3n) is 4.47. The fourth-order valence-electron chi connectivity index (χ4n) is 3.29. The molecule has 3 rings (SSSR count). The van der Waals surface area contributed by atoms with Crippen LogP contribution in [0.4, 0.5) is 10.8 Å². The standard InChI is InChI=1S/C20H21N3O4S/c1-11-15(18(24)26-3)17(16(12(2)22-11)19(25)27-4)13-6-5-7-14(10-13)23-20-21-8-9-28-20/h5-10,17,22H,1-4H3,(H,21,23). The van der Waals surface area contributed by atoms with Gasteiger partial charge >= 0.3 is 11.9 Å². The maximum absolute atomic E-state index is 12.5. The smallest absolute Gasteiger partial charge is 0.336 e. The number of rotatable bonds is 5. The van der Waals surface area contributed by atoms with E-state index in [-0.39, 0.29) is 0 Å². The van der Waals surface area contributed by atoms with E-state index in [2.05, 4.69) is 15.6 Å². The molecule has 0 saturated heterocycles. The van der Waals surface area contributed by atoms with E-state index in [1.54, 1.807) is 20.0 Å². The minimum absolute atomic E-state index is 0.375. The molecule has 0 spiro atoms. The van der Waals surface area contributed by atoms with Gasteiger partial charge in [-0.1, -0.05) is 12.1 Å². The van der Waals surface area contributed by atoms with E-state index in [1.165, 1.54) is 25.6 Å². The van der Waals surface area contributed by atoms with Gasteiger partial charge in [0.1, 0.15) is 0 Å². The largest absolute Gasteiger partial charge is 0.466 e. The van der Waals surface area contributed by atoms with Gasteiger partial charge in [-0.3, -0.25) is 0 Å². The van der Waals surface area contributed by atoms with Crippen molar-refractivity contribution in [3.63, 3.8) is 0 Å². The molecular formula is C20H21N3O4S. The summed E-state index contributed by atoms with van der Waals surface area (Å²) in [6, 6.07) is 7.52. The number of anilines is 2. The molecule has 2 aromatic rings. The normalized spacial score (nSPS) is 14.6. The molecule has 0 atom stereocenters. The summed E-state index contributed by atoms with van der Waals surface area (Å²) >= 11 is 1.48. The summed E-state index contributed by atoms with van der Waals surface area (Å²) in [4.78, 5) is 29.3. The second-order valence-electron chi connectivity index (χ2n) is 6.21. The Kier molecular flexibility index (Phi) is 5.79. The summed E-state index contributed by atoms with van der Waals surface area (Å²) < 4.78 is 9.98. The minimum atomic E-state index is -0.612. The van der Waals surface area contributed by atoms with Gasteiger partial charge in [-0.25, -0.2) is 14.6 Å². The molecule has 0 unspecified atom stereocenters. The number of dihydropyridines is 1. The maximum Gasteiger partial charge on any atom is 0.336 e. The molecule has 1 aromatic heterocycles. The first-order chi connectivity index (χ1) is 13.5. The molecule has 7 nitrogen and oxygen atoms in total. The lowest BCUT2D eigenvalue weighted by molar-refractivity contribution is -0.137. The monoisotopic (exact) mass is 399 g/mol. The zero-order valence-corrected chi connectivity index (χ0v) is 16.8. The van der Waals surface area contributed by atoms with Crippen molar-refractivity contribution in [1.82, 2.24) is 10.3 Å². The van der Waals surface area contributed by atoms with Gasteiger partial charge in [-0.05, 0) is 31.5 Å². The van der Waals surface area contributed by atoms with Crippen molar-refractivity contribution < 1.29 is 19.1 Å². The number of nitrogens with zero attached hydrogens (tertiary/aromatic N) is 1. The molecule has 0 bridgehead atoms. The number of hydrogen-bond acceptors (Lipinski definition) is 8. The Labute approximate surface area is 167 Å². The number of hydrogen-bond donors (Lipinski definition) is 2. The van der Waals surface area contributed by atoms with Gasteiger partial charge < -0.3 is 20.1 Å². The average molecular weight is 399 g/mol. The van der Waals surface area contributed by atoms with Gasteiger partial charge in [0.05, 0.1) is 31.3 Å². The Morgan fingerprint density at radius 1 is 1.11 bits per heavy atom. The van der Waals surface area contributed by atoms with Gasteiger partial charge in [0.2, 0.25) is 0 Å². The van der Waals surface area contributed by atoms with Crippen molar-refractivity contribution in [3.05, 3.63) is 63.9 Å². The Balaban J connectivity index is 2.11. The molecule has 146 valence electrons. The van der Waals surface area contributed by atoms with Crippen LogP contribution in [0.3, 0.4) is 0 Å². The van der Waals surface area contributed by atoms with E-state index < -0.39 is 17.9 Å². The van der Waals surface area contributed by atoms with Gasteiger partial charge in [0, 0.05) is 28.7 Å². The van der Waals surface area contributed by atoms with Crippen LogP contribution in [-0.2, 0) is 19.1 Å². The summed E-state index contributed by atoms with van der Waals surface area (Å²) in [5.74, 6) is -1.61. The van der Waals surface area contributed by atoms with E-state index >= 15 is 0 Å². The summed E-state index contributed by atoms with van der Waals surface area (Å²) in [5.41, 5.74) is 3.60. The van der Waals surface area contributed by atoms with Crippen LogP contribution in [0.2, 0.25) is 0 Å². The molecule has 28 heavy (non-hydrogen) atoms. The van der Waals surface area contributed by atoms with Crippen molar-refractivity contribution in [2.75, 3.05) is 19.5 Å². The minimum Gasteiger partial charge on any atom is -0.466 e. The van der Waals surface area contributed by atoms with Gasteiger partial charge in [-0.15, -0.1) is 11.3 Å². The average Bonchev–Trinajstić information content (AvgIpc) is 3.19. The first-order valence-electron chi connectivity index (χ1n) is 8.58. The fraction of sp³-hybridized carbons (Fsp3) is 0.250. The SMILES string of the molecule is COC(=O)C1=C(C)NC(C)=C(C(=O)OC)C1c1cccc(Nc2nccs2)c1. The van der Waals surface area contributed by atoms with E-state index in [9.17, 15) is 9.59 Å². The molecule has 1 aromatic carbocycles. The van der Waals surface area contributed by atoms with Crippen molar-refractivity contribution in [2.24, 2.45) is 0 Å². The Hall–Kier alpha value is -3.13. The molecule has 0 aliphatic carbocycles. The van der Waals surface area contributed by atoms with E-state index in [0.717, 1.165) is 16.4 Å². The van der Waals surface area contributed by atoms with Gasteiger partial charge in [0.15, 0.2) is 5.13 Å². The summed E-state index contributed by atoms with van der Waals surface area (Å²) in [7, 11) is 2.65. The lowest BCUT2D eigenvalue weighted by atomic mass is 9.80. The van der Waals surface area contributed by atoms with Crippen molar-refractivity contribution in [3.8, 4) is 0 Å². The number of aromatic nitrogens is 1. The number of carbonyl (C=O) groups is 2. The van der Waals surface area contributed by atoms with Crippen LogP contribution >= 0.6 is 11.3 Å². The number of nitrogens with one attached hydrogen (secondary N) is 2. The topological polar surface area (TPSA) is 89.5 Å². The van der Waals surface area contributed by atoms with Crippen molar-refractivity contribution >= 4 is 34.1 Å².